The van der Waals surface area contributed by atoms with Crippen LogP contribution in [0.5, 0.6) is 5.75 Å². The van der Waals surface area contributed by atoms with Crippen molar-refractivity contribution in [3.63, 3.8) is 0 Å². The van der Waals surface area contributed by atoms with E-state index in [1.54, 1.807) is 47.7 Å². The standard InChI is InChI=1S/C19H16N4O5/c1-27-16-10-12(23(25)26)6-7-15(16)21-18-17-14(5-2-8-20-17)19(24)22(18)11-13-4-3-9-28-13/h2-10,18,21H,11H2,1H3/t18-/m1/s1. The van der Waals surface area contributed by atoms with Crippen LogP contribution in [0, 0.1) is 10.1 Å². The minimum atomic E-state index is -0.579. The van der Waals surface area contributed by atoms with Gasteiger partial charge in [0.15, 0.2) is 0 Å². The monoisotopic (exact) mass is 380 g/mol. The van der Waals surface area contributed by atoms with Gasteiger partial charge in [-0.2, -0.15) is 0 Å². The number of nitro benzene ring substituents is 1. The number of carbonyl (C=O) groups is 1. The zero-order valence-electron chi connectivity index (χ0n) is 14.9. The summed E-state index contributed by atoms with van der Waals surface area (Å²) in [6.45, 7) is 0.245. The summed E-state index contributed by atoms with van der Waals surface area (Å²) in [5.74, 6) is 0.741. The highest BCUT2D eigenvalue weighted by atomic mass is 16.6. The Bertz CT molecular complexity index is 1030. The Morgan fingerprint density at radius 1 is 1.32 bits per heavy atom. The second kappa shape index (κ2) is 7.03. The lowest BCUT2D eigenvalue weighted by atomic mass is 10.2. The quantitative estimate of drug-likeness (QED) is 0.515. The third-order valence-corrected chi connectivity index (χ3v) is 4.49. The van der Waals surface area contributed by atoms with E-state index >= 15 is 0 Å². The molecular formula is C19H16N4O5. The average molecular weight is 380 g/mol. The fourth-order valence-corrected chi connectivity index (χ4v) is 3.18. The van der Waals surface area contributed by atoms with E-state index in [9.17, 15) is 14.9 Å². The van der Waals surface area contributed by atoms with Crippen LogP contribution in [0.15, 0.2) is 59.3 Å². The molecule has 2 aromatic heterocycles. The van der Waals surface area contributed by atoms with Crippen molar-refractivity contribution in [1.29, 1.82) is 0 Å². The highest BCUT2D eigenvalue weighted by Crippen LogP contribution is 2.37. The van der Waals surface area contributed by atoms with Gasteiger partial charge in [0.25, 0.3) is 11.6 Å². The normalized spacial score (nSPS) is 15.4. The van der Waals surface area contributed by atoms with Crippen LogP contribution < -0.4 is 10.1 Å². The number of methoxy groups -OCH3 is 1. The Labute approximate surface area is 159 Å². The molecule has 28 heavy (non-hydrogen) atoms. The molecule has 1 amide bonds. The molecule has 1 atom stereocenters. The molecule has 1 aromatic carbocycles. The third-order valence-electron chi connectivity index (χ3n) is 4.49. The van der Waals surface area contributed by atoms with Crippen molar-refractivity contribution in [2.24, 2.45) is 0 Å². The molecule has 9 heteroatoms. The molecule has 0 aliphatic carbocycles. The van der Waals surface area contributed by atoms with Crippen LogP contribution >= 0.6 is 0 Å². The van der Waals surface area contributed by atoms with E-state index in [4.69, 9.17) is 9.15 Å². The lowest BCUT2D eigenvalue weighted by molar-refractivity contribution is -0.384. The summed E-state index contributed by atoms with van der Waals surface area (Å²) in [7, 11) is 1.43. The Morgan fingerprint density at radius 3 is 2.89 bits per heavy atom. The molecule has 0 saturated heterocycles. The van der Waals surface area contributed by atoms with Crippen LogP contribution in [0.3, 0.4) is 0 Å². The Hall–Kier alpha value is -3.88. The first-order valence-corrected chi connectivity index (χ1v) is 8.45. The van der Waals surface area contributed by atoms with Crippen LogP contribution in [0.25, 0.3) is 0 Å². The molecule has 0 fully saturated rings. The number of furan rings is 1. The topological polar surface area (TPSA) is 111 Å². The highest BCUT2D eigenvalue weighted by Gasteiger charge is 2.38. The van der Waals surface area contributed by atoms with Gasteiger partial charge in [0.05, 0.1) is 47.9 Å². The number of carbonyl (C=O) groups excluding carboxylic acids is 1. The minimum absolute atomic E-state index is 0.0872. The summed E-state index contributed by atoms with van der Waals surface area (Å²) in [4.78, 5) is 29.4. The fraction of sp³-hybridized carbons (Fsp3) is 0.158. The first-order valence-electron chi connectivity index (χ1n) is 8.45. The molecular weight excluding hydrogens is 364 g/mol. The lowest BCUT2D eigenvalue weighted by Gasteiger charge is -2.26. The number of nitro groups is 1. The number of non-ortho nitro benzene ring substituents is 1. The average Bonchev–Trinajstić information content (AvgIpc) is 3.31. The number of benzene rings is 1. The number of anilines is 1. The van der Waals surface area contributed by atoms with Gasteiger partial charge in [-0.1, -0.05) is 0 Å². The maximum Gasteiger partial charge on any atom is 0.273 e. The molecule has 0 spiro atoms. The maximum atomic E-state index is 12.9. The van der Waals surface area contributed by atoms with Crippen LogP contribution in [-0.4, -0.2) is 27.8 Å². The number of nitrogens with zero attached hydrogens (tertiary/aromatic N) is 3. The number of hydrogen-bond acceptors (Lipinski definition) is 7. The number of hydrogen-bond donors (Lipinski definition) is 1. The molecule has 0 unspecified atom stereocenters. The van der Waals surface area contributed by atoms with Crippen LogP contribution in [0.4, 0.5) is 11.4 Å². The van der Waals surface area contributed by atoms with Crippen molar-refractivity contribution in [2.75, 3.05) is 12.4 Å². The van der Waals surface area contributed by atoms with Crippen molar-refractivity contribution in [3.8, 4) is 5.75 Å². The van der Waals surface area contributed by atoms with Crippen molar-refractivity contribution in [1.82, 2.24) is 9.88 Å². The van der Waals surface area contributed by atoms with Gasteiger partial charge in [-0.3, -0.25) is 19.9 Å². The fourth-order valence-electron chi connectivity index (χ4n) is 3.18. The predicted molar refractivity (Wildman–Crippen MR) is 98.8 cm³/mol. The van der Waals surface area contributed by atoms with E-state index in [-0.39, 0.29) is 18.1 Å². The van der Waals surface area contributed by atoms with Crippen LogP contribution in [-0.2, 0) is 6.54 Å². The minimum Gasteiger partial charge on any atom is -0.494 e. The van der Waals surface area contributed by atoms with Crippen LogP contribution in [0.1, 0.15) is 28.0 Å². The van der Waals surface area contributed by atoms with E-state index in [1.165, 1.54) is 19.2 Å². The summed E-state index contributed by atoms with van der Waals surface area (Å²) in [5, 5.41) is 14.2. The largest absolute Gasteiger partial charge is 0.494 e. The first kappa shape index (κ1) is 17.5. The molecule has 3 heterocycles. The molecule has 0 saturated carbocycles. The SMILES string of the molecule is COc1cc([N+](=O)[O-])ccc1N[C@H]1c2ncccc2C(=O)N1Cc1ccco1. The third kappa shape index (κ3) is 3.02. The molecule has 3 aromatic rings. The van der Waals surface area contributed by atoms with Gasteiger partial charge >= 0.3 is 0 Å². The number of amides is 1. The van der Waals surface area contributed by atoms with Gasteiger partial charge in [-0.05, 0) is 30.3 Å². The molecule has 1 aliphatic heterocycles. The Kier molecular flexibility index (Phi) is 4.40. The summed E-state index contributed by atoms with van der Waals surface area (Å²) >= 11 is 0. The zero-order valence-corrected chi connectivity index (χ0v) is 14.9. The predicted octanol–water partition coefficient (Wildman–Crippen LogP) is 3.36. The molecule has 9 nitrogen and oxygen atoms in total. The second-order valence-corrected chi connectivity index (χ2v) is 6.14. The van der Waals surface area contributed by atoms with Gasteiger partial charge in [-0.15, -0.1) is 0 Å². The van der Waals surface area contributed by atoms with E-state index < -0.39 is 11.1 Å². The summed E-state index contributed by atoms with van der Waals surface area (Å²) in [6.07, 6.45) is 2.58. The number of rotatable bonds is 6. The molecule has 1 aliphatic rings. The summed E-state index contributed by atoms with van der Waals surface area (Å²) in [6, 6.07) is 11.2. The number of nitrogens with one attached hydrogen (secondary N) is 1. The number of ether oxygens (including phenoxy) is 1. The van der Waals surface area contributed by atoms with E-state index in [0.29, 0.717) is 28.5 Å². The summed E-state index contributed by atoms with van der Waals surface area (Å²) < 4.78 is 10.7. The molecule has 1 N–H and O–H groups in total. The lowest BCUT2D eigenvalue weighted by Crippen LogP contribution is -2.32. The van der Waals surface area contributed by atoms with Gasteiger partial charge in [0, 0.05) is 12.3 Å². The van der Waals surface area contributed by atoms with Crippen LogP contribution in [0.2, 0.25) is 0 Å². The van der Waals surface area contributed by atoms with Crippen molar-refractivity contribution < 1.29 is 18.9 Å². The second-order valence-electron chi connectivity index (χ2n) is 6.14. The van der Waals surface area contributed by atoms with E-state index in [0.717, 1.165) is 0 Å². The number of fused-ring (bicyclic) bond motifs is 1. The van der Waals surface area contributed by atoms with Gasteiger partial charge in [0.2, 0.25) is 0 Å². The molecule has 142 valence electrons. The molecule has 0 bridgehead atoms. The van der Waals surface area contributed by atoms with E-state index in [1.807, 2.05) is 0 Å². The van der Waals surface area contributed by atoms with Crippen molar-refractivity contribution >= 4 is 17.3 Å². The summed E-state index contributed by atoms with van der Waals surface area (Å²) in [5.41, 5.74) is 1.48. The Morgan fingerprint density at radius 2 is 2.18 bits per heavy atom. The maximum absolute atomic E-state index is 12.9. The van der Waals surface area contributed by atoms with Gasteiger partial charge < -0.3 is 19.4 Å². The van der Waals surface area contributed by atoms with Crippen molar-refractivity contribution in [2.45, 2.75) is 12.7 Å². The molecule has 0 radical (unpaired) electrons. The Balaban J connectivity index is 1.71. The van der Waals surface area contributed by atoms with Gasteiger partial charge in [0.1, 0.15) is 17.7 Å². The number of aromatic nitrogens is 1. The smallest absolute Gasteiger partial charge is 0.273 e. The zero-order chi connectivity index (χ0) is 19.7. The van der Waals surface area contributed by atoms with E-state index in [2.05, 4.69) is 10.3 Å². The molecule has 4 rings (SSSR count). The van der Waals surface area contributed by atoms with Gasteiger partial charge in [-0.25, -0.2) is 0 Å². The van der Waals surface area contributed by atoms with Crippen molar-refractivity contribution in [3.05, 3.63) is 82.1 Å². The number of pyridine rings is 1. The first-order chi connectivity index (χ1) is 13.6. The highest BCUT2D eigenvalue weighted by molar-refractivity contribution is 5.99.